The number of methoxy groups -OCH3 is 1. The van der Waals surface area contributed by atoms with E-state index in [0.29, 0.717) is 10.4 Å². The highest BCUT2D eigenvalue weighted by Gasteiger charge is 2.11. The van der Waals surface area contributed by atoms with Crippen molar-refractivity contribution in [1.29, 1.82) is 0 Å². The molecule has 2 heterocycles. The summed E-state index contributed by atoms with van der Waals surface area (Å²) in [5, 5.41) is 0. The average Bonchev–Trinajstić information content (AvgIpc) is 3.25. The molecule has 0 fully saturated rings. The van der Waals surface area contributed by atoms with Crippen molar-refractivity contribution in [3.63, 3.8) is 0 Å². The number of nitrogens with zero attached hydrogens (tertiary/aromatic N) is 3. The van der Waals surface area contributed by atoms with E-state index in [1.165, 1.54) is 22.7 Å². The van der Waals surface area contributed by atoms with Crippen LogP contribution in [0.5, 0.6) is 5.75 Å². The van der Waals surface area contributed by atoms with Crippen LogP contribution in [0.1, 0.15) is 23.7 Å². The van der Waals surface area contributed by atoms with E-state index in [2.05, 4.69) is 21.5 Å². The topological polar surface area (TPSA) is 56.5 Å². The molecule has 2 aromatic carbocycles. The largest absolute Gasteiger partial charge is 0.497 e. The highest BCUT2D eigenvalue weighted by Crippen LogP contribution is 2.24. The van der Waals surface area contributed by atoms with Gasteiger partial charge in [0.25, 0.3) is 5.91 Å². The smallest absolute Gasteiger partial charge is 0.279 e. The van der Waals surface area contributed by atoms with Crippen molar-refractivity contribution in [2.24, 2.45) is 4.99 Å². The van der Waals surface area contributed by atoms with Gasteiger partial charge < -0.3 is 9.30 Å². The van der Waals surface area contributed by atoms with Crippen LogP contribution in [0.2, 0.25) is 0 Å². The van der Waals surface area contributed by atoms with Crippen LogP contribution < -0.4 is 9.54 Å². The summed E-state index contributed by atoms with van der Waals surface area (Å²) in [6.45, 7) is 2.91. The van der Waals surface area contributed by atoms with Crippen molar-refractivity contribution in [3.8, 4) is 5.75 Å². The molecule has 4 aromatic rings. The molecule has 7 heteroatoms. The third-order valence-electron chi connectivity index (χ3n) is 4.11. The van der Waals surface area contributed by atoms with Crippen LogP contribution in [0, 0.1) is 0 Å². The molecule has 0 atom stereocenters. The quantitative estimate of drug-likeness (QED) is 0.522. The van der Waals surface area contributed by atoms with Gasteiger partial charge in [-0.3, -0.25) is 4.79 Å². The highest BCUT2D eigenvalue weighted by atomic mass is 32.1. The minimum atomic E-state index is -0.233. The lowest BCUT2D eigenvalue weighted by molar-refractivity contribution is 0.0998. The summed E-state index contributed by atoms with van der Waals surface area (Å²) in [7, 11) is 1.65. The zero-order valence-corrected chi connectivity index (χ0v) is 16.1. The Bertz CT molecular complexity index is 1170. The number of benzene rings is 2. The van der Waals surface area contributed by atoms with Crippen LogP contribution in [-0.4, -0.2) is 22.6 Å². The van der Waals surface area contributed by atoms with E-state index >= 15 is 0 Å². The number of carbonyl (C=O) groups excluding carboxylic acids is 1. The molecule has 0 radical (unpaired) electrons. The van der Waals surface area contributed by atoms with Gasteiger partial charge in [0.1, 0.15) is 5.75 Å². The van der Waals surface area contributed by atoms with Crippen molar-refractivity contribution in [3.05, 3.63) is 52.3 Å². The third-order valence-corrected chi connectivity index (χ3v) is 5.96. The minimum absolute atomic E-state index is 0.233. The molecule has 0 unspecified atom stereocenters. The Hall–Kier alpha value is -2.51. The Morgan fingerprint density at radius 2 is 2.12 bits per heavy atom. The molecule has 0 saturated heterocycles. The predicted octanol–water partition coefficient (Wildman–Crippen LogP) is 4.47. The summed E-state index contributed by atoms with van der Waals surface area (Å²) >= 11 is 3.04. The average molecular weight is 383 g/mol. The first-order valence-corrected chi connectivity index (χ1v) is 9.99. The molecular formula is C19H17N3O2S2. The standard InChI is InChI=1S/C19H17N3O2S2/c1-3-8-22-15-10-13(24-2)5-7-16(15)26-19(22)21-18(23)12-4-6-14-17(9-12)25-11-20-14/h4-7,9-11H,3,8H2,1-2H3. The first-order valence-electron chi connectivity index (χ1n) is 8.29. The molecule has 5 nitrogen and oxygen atoms in total. The first kappa shape index (κ1) is 16.9. The van der Waals surface area contributed by atoms with Crippen molar-refractivity contribution in [2.75, 3.05) is 7.11 Å². The number of aryl methyl sites for hydroxylation is 1. The predicted molar refractivity (Wildman–Crippen MR) is 106 cm³/mol. The van der Waals surface area contributed by atoms with Gasteiger partial charge >= 0.3 is 0 Å². The van der Waals surface area contributed by atoms with Crippen LogP contribution in [0.25, 0.3) is 20.4 Å². The Labute approximate surface area is 158 Å². The number of hydrogen-bond acceptors (Lipinski definition) is 5. The number of aromatic nitrogens is 2. The molecule has 0 saturated carbocycles. The maximum absolute atomic E-state index is 12.7. The fraction of sp³-hybridized carbons (Fsp3) is 0.211. The van der Waals surface area contributed by atoms with Crippen LogP contribution in [0.3, 0.4) is 0 Å². The molecule has 0 aliphatic heterocycles. The Morgan fingerprint density at radius 3 is 2.92 bits per heavy atom. The second-order valence-corrected chi connectivity index (χ2v) is 7.72. The van der Waals surface area contributed by atoms with Gasteiger partial charge in [0.05, 0.1) is 33.1 Å². The van der Waals surface area contributed by atoms with Gasteiger partial charge in [-0.05, 0) is 36.8 Å². The fourth-order valence-electron chi connectivity index (χ4n) is 2.84. The SMILES string of the molecule is CCCn1c(=NC(=O)c2ccc3ncsc3c2)sc2ccc(OC)cc21. The second kappa shape index (κ2) is 7.01. The number of thiazole rings is 2. The van der Waals surface area contributed by atoms with Crippen LogP contribution >= 0.6 is 22.7 Å². The molecule has 0 N–H and O–H groups in total. The van der Waals surface area contributed by atoms with Gasteiger partial charge in [-0.1, -0.05) is 18.3 Å². The fourth-order valence-corrected chi connectivity index (χ4v) is 4.59. The van der Waals surface area contributed by atoms with E-state index in [4.69, 9.17) is 4.74 Å². The minimum Gasteiger partial charge on any atom is -0.497 e. The van der Waals surface area contributed by atoms with Gasteiger partial charge in [-0.25, -0.2) is 4.98 Å². The Morgan fingerprint density at radius 1 is 1.23 bits per heavy atom. The molecule has 26 heavy (non-hydrogen) atoms. The van der Waals surface area contributed by atoms with E-state index < -0.39 is 0 Å². The van der Waals surface area contributed by atoms with E-state index in [1.54, 1.807) is 18.7 Å². The molecule has 0 bridgehead atoms. The molecular weight excluding hydrogens is 366 g/mol. The monoisotopic (exact) mass is 383 g/mol. The molecule has 2 aromatic heterocycles. The second-order valence-electron chi connectivity index (χ2n) is 5.82. The van der Waals surface area contributed by atoms with Crippen molar-refractivity contribution in [1.82, 2.24) is 9.55 Å². The molecule has 132 valence electrons. The highest BCUT2D eigenvalue weighted by molar-refractivity contribution is 7.17. The molecule has 0 aliphatic rings. The van der Waals surface area contributed by atoms with Crippen LogP contribution in [0.4, 0.5) is 0 Å². The number of amides is 1. The van der Waals surface area contributed by atoms with Gasteiger partial charge in [0.2, 0.25) is 0 Å². The van der Waals surface area contributed by atoms with Crippen LogP contribution in [-0.2, 0) is 6.54 Å². The molecule has 0 spiro atoms. The van der Waals surface area contributed by atoms with E-state index in [1.807, 2.05) is 30.3 Å². The van der Waals surface area contributed by atoms with Gasteiger partial charge in [-0.15, -0.1) is 11.3 Å². The zero-order valence-electron chi connectivity index (χ0n) is 14.4. The van der Waals surface area contributed by atoms with Crippen molar-refractivity contribution >= 4 is 49.0 Å². The lowest BCUT2D eigenvalue weighted by Gasteiger charge is -2.04. The Kier molecular flexibility index (Phi) is 4.57. The maximum Gasteiger partial charge on any atom is 0.279 e. The summed E-state index contributed by atoms with van der Waals surface area (Å²) in [6.07, 6.45) is 0.956. The number of rotatable bonds is 4. The van der Waals surface area contributed by atoms with Crippen molar-refractivity contribution in [2.45, 2.75) is 19.9 Å². The summed E-state index contributed by atoms with van der Waals surface area (Å²) in [5.41, 5.74) is 4.31. The number of ether oxygens (including phenoxy) is 1. The van der Waals surface area contributed by atoms with E-state index in [-0.39, 0.29) is 5.91 Å². The van der Waals surface area contributed by atoms with E-state index in [9.17, 15) is 4.79 Å². The Balaban J connectivity index is 1.83. The van der Waals surface area contributed by atoms with Gasteiger partial charge in [0.15, 0.2) is 4.80 Å². The van der Waals surface area contributed by atoms with Crippen molar-refractivity contribution < 1.29 is 9.53 Å². The number of hydrogen-bond donors (Lipinski definition) is 0. The lowest BCUT2D eigenvalue weighted by Crippen LogP contribution is -2.16. The summed E-state index contributed by atoms with van der Waals surface area (Å²) in [4.78, 5) is 22.1. The normalized spacial score (nSPS) is 12.2. The first-order chi connectivity index (χ1) is 12.7. The molecule has 4 rings (SSSR count). The molecule has 1 amide bonds. The van der Waals surface area contributed by atoms with Gasteiger partial charge in [-0.2, -0.15) is 4.99 Å². The maximum atomic E-state index is 12.7. The summed E-state index contributed by atoms with van der Waals surface area (Å²) in [6, 6.07) is 11.4. The summed E-state index contributed by atoms with van der Waals surface area (Å²) in [5.74, 6) is 0.567. The van der Waals surface area contributed by atoms with Gasteiger partial charge in [0, 0.05) is 18.2 Å². The molecule has 0 aliphatic carbocycles. The van der Waals surface area contributed by atoms with Crippen LogP contribution in [0.15, 0.2) is 46.9 Å². The number of carbonyl (C=O) groups is 1. The zero-order chi connectivity index (χ0) is 18.1. The van der Waals surface area contributed by atoms with E-state index in [0.717, 1.165) is 39.1 Å². The summed E-state index contributed by atoms with van der Waals surface area (Å²) < 4.78 is 9.51. The lowest BCUT2D eigenvalue weighted by atomic mass is 10.2. The number of fused-ring (bicyclic) bond motifs is 2. The third kappa shape index (κ3) is 3.04.